The van der Waals surface area contributed by atoms with Gasteiger partial charge in [0.1, 0.15) is 5.75 Å². The maximum absolute atomic E-state index is 11.1. The number of carbonyl (C=O) groups is 1. The second-order valence-electron chi connectivity index (χ2n) is 3.73. The van der Waals surface area contributed by atoms with Gasteiger partial charge >= 0.3 is 5.97 Å². The van der Waals surface area contributed by atoms with Crippen LogP contribution in [0.3, 0.4) is 0 Å². The number of aryl methyl sites for hydroxylation is 1. The van der Waals surface area contributed by atoms with E-state index in [1.165, 1.54) is 0 Å². The second-order valence-corrected chi connectivity index (χ2v) is 3.73. The van der Waals surface area contributed by atoms with Gasteiger partial charge in [0.05, 0.1) is 19.4 Å². The maximum Gasteiger partial charge on any atom is 0.305 e. The highest BCUT2D eigenvalue weighted by atomic mass is 35.5. The quantitative estimate of drug-likeness (QED) is 0.639. The number of esters is 1. The van der Waals surface area contributed by atoms with Gasteiger partial charge in [-0.2, -0.15) is 0 Å². The van der Waals surface area contributed by atoms with Crippen LogP contribution in [0.4, 0.5) is 5.69 Å². The van der Waals surface area contributed by atoms with Crippen LogP contribution in [0.5, 0.6) is 5.75 Å². The molecule has 0 bridgehead atoms. The van der Waals surface area contributed by atoms with E-state index in [4.69, 9.17) is 15.2 Å². The molecule has 0 spiro atoms. The van der Waals surface area contributed by atoms with E-state index in [1.807, 2.05) is 25.1 Å². The lowest BCUT2D eigenvalue weighted by molar-refractivity contribution is -0.143. The number of anilines is 1. The van der Waals surface area contributed by atoms with Gasteiger partial charge in [0.25, 0.3) is 0 Å². The van der Waals surface area contributed by atoms with Crippen LogP contribution < -0.4 is 10.5 Å². The number of halogens is 1. The first-order valence-electron chi connectivity index (χ1n) is 5.75. The van der Waals surface area contributed by atoms with Gasteiger partial charge in [0, 0.05) is 6.42 Å². The van der Waals surface area contributed by atoms with Crippen molar-refractivity contribution in [3.05, 3.63) is 23.8 Å². The fourth-order valence-corrected chi connectivity index (χ4v) is 1.61. The Bertz CT molecular complexity index is 382. The Hall–Kier alpha value is -1.42. The Morgan fingerprint density at radius 3 is 2.67 bits per heavy atom. The second kappa shape index (κ2) is 8.64. The fraction of sp³-hybridized carbons (Fsp3) is 0.462. The Kier molecular flexibility index (Phi) is 7.96. The summed E-state index contributed by atoms with van der Waals surface area (Å²) in [5, 5.41) is 0. The number of benzene rings is 1. The molecule has 0 aliphatic rings. The number of nitrogen functional groups attached to an aromatic ring is 1. The van der Waals surface area contributed by atoms with Crippen LogP contribution in [-0.4, -0.2) is 19.7 Å². The number of ether oxygens (including phenoxy) is 2. The fourth-order valence-electron chi connectivity index (χ4n) is 1.61. The summed E-state index contributed by atoms with van der Waals surface area (Å²) in [5.74, 6) is 0.535. The molecule has 1 rings (SSSR count). The minimum absolute atomic E-state index is 0. The van der Waals surface area contributed by atoms with Gasteiger partial charge in [-0.05, 0) is 37.5 Å². The molecule has 0 unspecified atom stereocenters. The molecule has 0 atom stereocenters. The lowest BCUT2D eigenvalue weighted by Crippen LogP contribution is -2.04. The van der Waals surface area contributed by atoms with E-state index in [0.717, 1.165) is 18.4 Å². The average molecular weight is 274 g/mol. The van der Waals surface area contributed by atoms with E-state index >= 15 is 0 Å². The molecule has 0 amide bonds. The third-order valence-electron chi connectivity index (χ3n) is 2.45. The molecule has 1 aromatic rings. The van der Waals surface area contributed by atoms with Gasteiger partial charge in [-0.1, -0.05) is 6.07 Å². The molecule has 2 N–H and O–H groups in total. The molecule has 102 valence electrons. The number of carbonyl (C=O) groups excluding carboxylic acids is 1. The predicted molar refractivity (Wildman–Crippen MR) is 74.2 cm³/mol. The van der Waals surface area contributed by atoms with Gasteiger partial charge in [-0.15, -0.1) is 12.4 Å². The van der Waals surface area contributed by atoms with Crippen LogP contribution >= 0.6 is 12.4 Å². The third kappa shape index (κ3) is 5.27. The van der Waals surface area contributed by atoms with Crippen molar-refractivity contribution in [2.24, 2.45) is 0 Å². The molecule has 0 fully saturated rings. The molecule has 4 nitrogen and oxygen atoms in total. The van der Waals surface area contributed by atoms with Crippen LogP contribution in [0.1, 0.15) is 25.3 Å². The first-order chi connectivity index (χ1) is 8.17. The largest absolute Gasteiger partial charge is 0.495 e. The number of methoxy groups -OCH3 is 1. The average Bonchev–Trinajstić information content (AvgIpc) is 2.29. The van der Waals surface area contributed by atoms with Crippen molar-refractivity contribution >= 4 is 24.1 Å². The van der Waals surface area contributed by atoms with Crippen molar-refractivity contribution in [3.8, 4) is 5.75 Å². The molecule has 18 heavy (non-hydrogen) atoms. The number of nitrogens with two attached hydrogens (primary N) is 1. The van der Waals surface area contributed by atoms with Crippen LogP contribution in [0, 0.1) is 0 Å². The maximum atomic E-state index is 11.1. The minimum Gasteiger partial charge on any atom is -0.495 e. The Labute approximate surface area is 114 Å². The number of hydrogen-bond donors (Lipinski definition) is 1. The van der Waals surface area contributed by atoms with E-state index in [9.17, 15) is 4.79 Å². The van der Waals surface area contributed by atoms with Gasteiger partial charge < -0.3 is 15.2 Å². The normalized spacial score (nSPS) is 9.44. The molecule has 0 aliphatic carbocycles. The molecule has 0 saturated carbocycles. The van der Waals surface area contributed by atoms with Gasteiger partial charge in [-0.25, -0.2) is 0 Å². The molecular weight excluding hydrogens is 254 g/mol. The molecule has 0 aliphatic heterocycles. The Morgan fingerprint density at radius 1 is 1.39 bits per heavy atom. The highest BCUT2D eigenvalue weighted by molar-refractivity contribution is 5.85. The van der Waals surface area contributed by atoms with E-state index in [1.54, 1.807) is 7.11 Å². The van der Waals surface area contributed by atoms with Crippen LogP contribution in [0.2, 0.25) is 0 Å². The highest BCUT2D eigenvalue weighted by Gasteiger charge is 2.04. The predicted octanol–water partition coefficient (Wildman–Crippen LogP) is 2.59. The van der Waals surface area contributed by atoms with Crippen molar-refractivity contribution < 1.29 is 14.3 Å². The third-order valence-corrected chi connectivity index (χ3v) is 2.45. The van der Waals surface area contributed by atoms with Crippen molar-refractivity contribution in [1.29, 1.82) is 0 Å². The first-order valence-corrected chi connectivity index (χ1v) is 5.75. The van der Waals surface area contributed by atoms with E-state index in [2.05, 4.69) is 0 Å². The van der Waals surface area contributed by atoms with Crippen molar-refractivity contribution in [2.75, 3.05) is 19.5 Å². The molecule has 0 heterocycles. The van der Waals surface area contributed by atoms with Crippen LogP contribution in [0.25, 0.3) is 0 Å². The zero-order chi connectivity index (χ0) is 12.7. The molecular formula is C13H20ClNO3. The topological polar surface area (TPSA) is 61.5 Å². The minimum atomic E-state index is -0.144. The Morgan fingerprint density at radius 2 is 2.11 bits per heavy atom. The summed E-state index contributed by atoms with van der Waals surface area (Å²) in [7, 11) is 1.59. The molecule has 5 heteroatoms. The summed E-state index contributed by atoms with van der Waals surface area (Å²) < 4.78 is 9.93. The van der Waals surface area contributed by atoms with Crippen molar-refractivity contribution in [1.82, 2.24) is 0 Å². The monoisotopic (exact) mass is 273 g/mol. The van der Waals surface area contributed by atoms with Crippen molar-refractivity contribution in [3.63, 3.8) is 0 Å². The van der Waals surface area contributed by atoms with Gasteiger partial charge in [0.15, 0.2) is 0 Å². The molecule has 1 aromatic carbocycles. The summed E-state index contributed by atoms with van der Waals surface area (Å²) in [6.07, 6.45) is 2.03. The van der Waals surface area contributed by atoms with E-state index in [0.29, 0.717) is 24.5 Å². The standard InChI is InChI=1S/C13H19NO3.ClH/c1-3-17-13(15)6-4-5-10-7-8-12(16-2)11(14)9-10;/h7-9H,3-6,14H2,1-2H3;1H. The molecule has 0 saturated heterocycles. The molecule has 0 aromatic heterocycles. The zero-order valence-electron chi connectivity index (χ0n) is 10.8. The lowest BCUT2D eigenvalue weighted by atomic mass is 10.1. The number of hydrogen-bond acceptors (Lipinski definition) is 4. The first kappa shape index (κ1) is 16.6. The summed E-state index contributed by atoms with van der Waals surface area (Å²) in [5.41, 5.74) is 7.52. The SMILES string of the molecule is CCOC(=O)CCCc1ccc(OC)c(N)c1.Cl. The van der Waals surface area contributed by atoms with Crippen molar-refractivity contribution in [2.45, 2.75) is 26.2 Å². The summed E-state index contributed by atoms with van der Waals surface area (Å²) in [6.45, 7) is 2.25. The Balaban J connectivity index is 0.00000289. The molecule has 0 radical (unpaired) electrons. The summed E-state index contributed by atoms with van der Waals surface area (Å²) in [4.78, 5) is 11.1. The smallest absolute Gasteiger partial charge is 0.305 e. The lowest BCUT2D eigenvalue weighted by Gasteiger charge is -2.07. The summed E-state index contributed by atoms with van der Waals surface area (Å²) >= 11 is 0. The van der Waals surface area contributed by atoms with Gasteiger partial charge in [-0.3, -0.25) is 4.79 Å². The zero-order valence-corrected chi connectivity index (χ0v) is 11.6. The van der Waals surface area contributed by atoms with Crippen LogP contribution in [-0.2, 0) is 16.0 Å². The number of rotatable bonds is 6. The van der Waals surface area contributed by atoms with Gasteiger partial charge in [0.2, 0.25) is 0 Å². The highest BCUT2D eigenvalue weighted by Crippen LogP contribution is 2.22. The van der Waals surface area contributed by atoms with E-state index < -0.39 is 0 Å². The van der Waals surface area contributed by atoms with E-state index in [-0.39, 0.29) is 18.4 Å². The van der Waals surface area contributed by atoms with Crippen LogP contribution in [0.15, 0.2) is 18.2 Å². The summed E-state index contributed by atoms with van der Waals surface area (Å²) in [6, 6.07) is 5.68.